The summed E-state index contributed by atoms with van der Waals surface area (Å²) in [5.41, 5.74) is 2.47. The molecule has 0 amide bonds. The Morgan fingerprint density at radius 1 is 1.04 bits per heavy atom. The fraction of sp³-hybridized carbons (Fsp3) is 0.0556. The first-order valence-electron chi connectivity index (χ1n) is 7.35. The number of hydrazone groups is 1. The van der Waals surface area contributed by atoms with Crippen molar-refractivity contribution in [3.63, 3.8) is 0 Å². The lowest BCUT2D eigenvalue weighted by atomic mass is 10.1. The zero-order chi connectivity index (χ0) is 17.8. The van der Waals surface area contributed by atoms with Crippen LogP contribution in [0.5, 0.6) is 0 Å². The molecule has 0 spiro atoms. The van der Waals surface area contributed by atoms with Crippen LogP contribution in [0.1, 0.15) is 11.4 Å². The summed E-state index contributed by atoms with van der Waals surface area (Å²) in [5.74, 6) is 0.546. The maximum Gasteiger partial charge on any atom is 0.180 e. The first kappa shape index (κ1) is 18.0. The van der Waals surface area contributed by atoms with E-state index < -0.39 is 0 Å². The van der Waals surface area contributed by atoms with E-state index in [1.165, 1.54) is 0 Å². The van der Waals surface area contributed by atoms with E-state index in [4.69, 9.17) is 16.7 Å². The van der Waals surface area contributed by atoms with E-state index >= 15 is 0 Å². The average molecular weight is 481 g/mol. The largest absolute Gasteiger partial charge is 0.267 e. The molecule has 0 saturated carbocycles. The number of aromatic nitrogens is 2. The summed E-state index contributed by atoms with van der Waals surface area (Å²) in [6.07, 6.45) is 3.40. The van der Waals surface area contributed by atoms with E-state index in [0.29, 0.717) is 16.6 Å². The first-order valence-corrected chi connectivity index (χ1v) is 9.32. The highest BCUT2D eigenvalue weighted by atomic mass is 79.9. The number of anilines is 1. The van der Waals surface area contributed by atoms with Gasteiger partial charge in [-0.15, -0.1) is 0 Å². The number of hydrogen-bond donors (Lipinski definition) is 0. The summed E-state index contributed by atoms with van der Waals surface area (Å²) in [7, 11) is 1.88. The van der Waals surface area contributed by atoms with Gasteiger partial charge in [0.25, 0.3) is 0 Å². The standard InChI is InChI=1S/C18H13Br2ClN4/c1-25(16-8-5-13(19)11-15(16)20)24-17(18-22-9-2-10-23-18)12-3-6-14(21)7-4-12/h2-11H,1H3/b24-17-. The van der Waals surface area contributed by atoms with Crippen LogP contribution in [0, 0.1) is 0 Å². The molecule has 4 nitrogen and oxygen atoms in total. The Balaban J connectivity index is 2.07. The van der Waals surface area contributed by atoms with Crippen molar-refractivity contribution in [2.24, 2.45) is 5.10 Å². The summed E-state index contributed by atoms with van der Waals surface area (Å²) in [6, 6.07) is 15.1. The quantitative estimate of drug-likeness (QED) is 0.364. The molecule has 0 N–H and O–H groups in total. The summed E-state index contributed by atoms with van der Waals surface area (Å²) in [4.78, 5) is 8.68. The van der Waals surface area contributed by atoms with E-state index in [2.05, 4.69) is 41.8 Å². The van der Waals surface area contributed by atoms with Crippen molar-refractivity contribution in [3.8, 4) is 0 Å². The van der Waals surface area contributed by atoms with Crippen LogP contribution in [-0.4, -0.2) is 22.7 Å². The Morgan fingerprint density at radius 2 is 1.72 bits per heavy atom. The topological polar surface area (TPSA) is 41.4 Å². The Labute approximate surface area is 167 Å². The molecule has 3 rings (SSSR count). The highest BCUT2D eigenvalue weighted by Crippen LogP contribution is 2.29. The first-order chi connectivity index (χ1) is 12.0. The van der Waals surface area contributed by atoms with Crippen molar-refractivity contribution in [1.29, 1.82) is 0 Å². The predicted molar refractivity (Wildman–Crippen MR) is 109 cm³/mol. The van der Waals surface area contributed by atoms with Gasteiger partial charge in [-0.2, -0.15) is 5.10 Å². The number of nitrogens with zero attached hydrogens (tertiary/aromatic N) is 4. The Hall–Kier alpha value is -1.76. The molecule has 1 heterocycles. The van der Waals surface area contributed by atoms with Gasteiger partial charge in [0, 0.05) is 39.0 Å². The van der Waals surface area contributed by atoms with Crippen molar-refractivity contribution in [2.75, 3.05) is 12.1 Å². The molecule has 1 aromatic heterocycles. The van der Waals surface area contributed by atoms with Crippen LogP contribution in [0.15, 0.2) is 75.0 Å². The molecule has 25 heavy (non-hydrogen) atoms. The van der Waals surface area contributed by atoms with Crippen LogP contribution in [0.2, 0.25) is 5.02 Å². The van der Waals surface area contributed by atoms with Gasteiger partial charge in [0.2, 0.25) is 0 Å². The second-order valence-electron chi connectivity index (χ2n) is 5.15. The molecule has 0 aliphatic rings. The van der Waals surface area contributed by atoms with Crippen molar-refractivity contribution in [2.45, 2.75) is 0 Å². The van der Waals surface area contributed by atoms with Gasteiger partial charge in [-0.25, -0.2) is 9.97 Å². The molecule has 3 aromatic rings. The van der Waals surface area contributed by atoms with Gasteiger partial charge < -0.3 is 0 Å². The Bertz CT molecular complexity index is 899. The maximum absolute atomic E-state index is 6.01. The lowest BCUT2D eigenvalue weighted by Gasteiger charge is -2.17. The summed E-state index contributed by atoms with van der Waals surface area (Å²) in [5, 5.41) is 7.20. The molecule has 0 radical (unpaired) electrons. The monoisotopic (exact) mass is 478 g/mol. The zero-order valence-electron chi connectivity index (χ0n) is 13.2. The second-order valence-corrected chi connectivity index (χ2v) is 7.35. The van der Waals surface area contributed by atoms with Crippen LogP contribution in [0.25, 0.3) is 0 Å². The molecule has 7 heteroatoms. The lowest BCUT2D eigenvalue weighted by Crippen LogP contribution is -2.17. The van der Waals surface area contributed by atoms with Gasteiger partial charge >= 0.3 is 0 Å². The molecule has 0 atom stereocenters. The molecule has 0 bridgehead atoms. The SMILES string of the molecule is CN(/N=C(/c1ccc(Cl)cc1)c1ncccn1)c1ccc(Br)cc1Br. The summed E-state index contributed by atoms with van der Waals surface area (Å²) in [6.45, 7) is 0. The molecule has 0 fully saturated rings. The fourth-order valence-corrected chi connectivity index (χ4v) is 3.64. The van der Waals surface area contributed by atoms with Crippen LogP contribution < -0.4 is 5.01 Å². The lowest BCUT2D eigenvalue weighted by molar-refractivity contribution is 0.999. The van der Waals surface area contributed by atoms with E-state index in [9.17, 15) is 0 Å². The number of rotatable bonds is 4. The van der Waals surface area contributed by atoms with Crippen molar-refractivity contribution >= 4 is 54.9 Å². The molecule has 0 unspecified atom stereocenters. The fourth-order valence-electron chi connectivity index (χ4n) is 2.21. The molecule has 2 aromatic carbocycles. The van der Waals surface area contributed by atoms with Gasteiger partial charge in [-0.3, -0.25) is 5.01 Å². The van der Waals surface area contributed by atoms with Crippen LogP contribution in [0.4, 0.5) is 5.69 Å². The third kappa shape index (κ3) is 4.45. The predicted octanol–water partition coefficient (Wildman–Crippen LogP) is 5.54. The van der Waals surface area contributed by atoms with Crippen LogP contribution in [-0.2, 0) is 0 Å². The molecule has 0 saturated heterocycles. The molecule has 0 aliphatic heterocycles. The zero-order valence-corrected chi connectivity index (χ0v) is 17.1. The van der Waals surface area contributed by atoms with Crippen molar-refractivity contribution < 1.29 is 0 Å². The molecular weight excluding hydrogens is 467 g/mol. The van der Waals surface area contributed by atoms with Gasteiger partial charge in [0.15, 0.2) is 5.82 Å². The van der Waals surface area contributed by atoms with Crippen LogP contribution in [0.3, 0.4) is 0 Å². The highest BCUT2D eigenvalue weighted by Gasteiger charge is 2.13. The molecule has 126 valence electrons. The van der Waals surface area contributed by atoms with Gasteiger partial charge in [0.1, 0.15) is 5.71 Å². The van der Waals surface area contributed by atoms with E-state index in [0.717, 1.165) is 20.2 Å². The minimum absolute atomic E-state index is 0.546. The van der Waals surface area contributed by atoms with Gasteiger partial charge in [-0.1, -0.05) is 39.7 Å². The maximum atomic E-state index is 6.01. The van der Waals surface area contributed by atoms with E-state index in [-0.39, 0.29) is 0 Å². The normalized spacial score (nSPS) is 11.4. The summed E-state index contributed by atoms with van der Waals surface area (Å²) >= 11 is 13.0. The number of hydrogen-bond acceptors (Lipinski definition) is 4. The Kier molecular flexibility index (Phi) is 5.83. The number of benzene rings is 2. The van der Waals surface area contributed by atoms with E-state index in [1.54, 1.807) is 23.5 Å². The smallest absolute Gasteiger partial charge is 0.180 e. The highest BCUT2D eigenvalue weighted by molar-refractivity contribution is 9.11. The number of halogens is 3. The minimum Gasteiger partial charge on any atom is -0.267 e. The average Bonchev–Trinajstić information content (AvgIpc) is 2.61. The van der Waals surface area contributed by atoms with E-state index in [1.807, 2.05) is 49.5 Å². The minimum atomic E-state index is 0.546. The van der Waals surface area contributed by atoms with Crippen molar-refractivity contribution in [3.05, 3.63) is 86.3 Å². The van der Waals surface area contributed by atoms with Crippen molar-refractivity contribution in [1.82, 2.24) is 9.97 Å². The van der Waals surface area contributed by atoms with Gasteiger partial charge in [0.05, 0.1) is 5.69 Å². The molecule has 0 aliphatic carbocycles. The third-order valence-electron chi connectivity index (χ3n) is 3.40. The second kappa shape index (κ2) is 8.08. The summed E-state index contributed by atoms with van der Waals surface area (Å²) < 4.78 is 1.92. The molecular formula is C18H13Br2ClN4. The Morgan fingerprint density at radius 3 is 2.36 bits per heavy atom. The van der Waals surface area contributed by atoms with Crippen LogP contribution >= 0.6 is 43.5 Å². The third-order valence-corrected chi connectivity index (χ3v) is 4.78. The van der Waals surface area contributed by atoms with Gasteiger partial charge in [-0.05, 0) is 52.3 Å².